The van der Waals surface area contributed by atoms with Crippen LogP contribution in [0.15, 0.2) is 0 Å². The molecular weight excluding hydrogens is 184 g/mol. The molecule has 0 aliphatic rings. The molecule has 0 saturated heterocycles. The maximum absolute atomic E-state index is 9.92. The van der Waals surface area contributed by atoms with Gasteiger partial charge >= 0.3 is 0 Å². The molecule has 0 unspecified atom stereocenters. The topological polar surface area (TPSA) is 40.1 Å². The summed E-state index contributed by atoms with van der Waals surface area (Å²) in [5.74, 6) is -0.920. The number of carboxylic acids is 1. The van der Waals surface area contributed by atoms with Crippen LogP contribution >= 0.6 is 0 Å². The summed E-state index contributed by atoms with van der Waals surface area (Å²) in [6, 6.07) is 0. The number of rotatable bonds is 6. The maximum Gasteiger partial charge on any atom is 0.0414 e. The molecule has 11 heavy (non-hydrogen) atoms. The third-order valence-electron chi connectivity index (χ3n) is 1.48. The van der Waals surface area contributed by atoms with Crippen LogP contribution in [0.2, 0.25) is 0 Å². The van der Waals surface area contributed by atoms with E-state index in [-0.39, 0.29) is 23.5 Å². The normalized spacial score (nSPS) is 8.82. The number of carbonyl (C=O) groups excluding carboxylic acids is 1. The molecule has 0 radical (unpaired) electrons. The van der Waals surface area contributed by atoms with Gasteiger partial charge in [0, 0.05) is 23.0 Å². The van der Waals surface area contributed by atoms with Gasteiger partial charge in [-0.05, 0) is 12.8 Å². The number of hydrogen-bond acceptors (Lipinski definition) is 2. The van der Waals surface area contributed by atoms with Gasteiger partial charge in [0.2, 0.25) is 0 Å². The van der Waals surface area contributed by atoms with E-state index < -0.39 is 5.97 Å². The molecule has 0 saturated carbocycles. The second kappa shape index (κ2) is 9.99. The van der Waals surface area contributed by atoms with Crippen molar-refractivity contribution >= 4 is 5.97 Å². The second-order valence-corrected chi connectivity index (χ2v) is 2.54. The van der Waals surface area contributed by atoms with Crippen LogP contribution in [0.3, 0.4) is 0 Å². The van der Waals surface area contributed by atoms with Gasteiger partial charge in [0.1, 0.15) is 0 Å². The molecule has 0 aromatic carbocycles. The third-order valence-corrected chi connectivity index (χ3v) is 1.48. The Balaban J connectivity index is 0. The van der Waals surface area contributed by atoms with Crippen LogP contribution in [0, 0.1) is 0 Å². The van der Waals surface area contributed by atoms with Crippen LogP contribution < -0.4 is 5.11 Å². The van der Waals surface area contributed by atoms with Gasteiger partial charge in [-0.15, -0.1) is 0 Å². The molecule has 0 amide bonds. The Morgan fingerprint density at radius 3 is 2.18 bits per heavy atom. The maximum atomic E-state index is 9.92. The van der Waals surface area contributed by atoms with Crippen molar-refractivity contribution < 1.29 is 27.0 Å². The van der Waals surface area contributed by atoms with Crippen molar-refractivity contribution in [3.8, 4) is 0 Å². The standard InChI is InChI=1S/C8H16O2.Fe/c1-2-3-4-5-6-7-8(9)10;/h2-7H2,1H3,(H,9,10);/p-1. The van der Waals surface area contributed by atoms with E-state index in [4.69, 9.17) is 0 Å². The van der Waals surface area contributed by atoms with Crippen molar-refractivity contribution in [2.45, 2.75) is 45.4 Å². The van der Waals surface area contributed by atoms with Gasteiger partial charge in [0.25, 0.3) is 0 Å². The molecule has 2 nitrogen and oxygen atoms in total. The zero-order valence-electron chi connectivity index (χ0n) is 6.91. The number of carboxylic acid groups (broad SMARTS) is 1. The Kier molecular flexibility index (Phi) is 12.3. The molecule has 0 aromatic rings. The fourth-order valence-corrected chi connectivity index (χ4v) is 0.873. The predicted molar refractivity (Wildman–Crippen MR) is 38.4 cm³/mol. The number of carbonyl (C=O) groups is 1. The molecule has 0 N–H and O–H groups in total. The van der Waals surface area contributed by atoms with Gasteiger partial charge in [0.15, 0.2) is 0 Å². The Hall–Kier alpha value is -0.0105. The van der Waals surface area contributed by atoms with Gasteiger partial charge in [-0.25, -0.2) is 0 Å². The molecule has 68 valence electrons. The molecule has 0 aromatic heterocycles. The van der Waals surface area contributed by atoms with E-state index >= 15 is 0 Å². The second-order valence-electron chi connectivity index (χ2n) is 2.54. The van der Waals surface area contributed by atoms with Crippen molar-refractivity contribution in [3.05, 3.63) is 0 Å². The minimum atomic E-state index is -0.920. The van der Waals surface area contributed by atoms with E-state index in [2.05, 4.69) is 6.92 Å². The van der Waals surface area contributed by atoms with Gasteiger partial charge in [0.05, 0.1) is 0 Å². The van der Waals surface area contributed by atoms with Crippen molar-refractivity contribution in [3.63, 3.8) is 0 Å². The molecule has 0 heterocycles. The fourth-order valence-electron chi connectivity index (χ4n) is 0.873. The molecule has 0 atom stereocenters. The molecule has 0 aliphatic carbocycles. The van der Waals surface area contributed by atoms with Crippen molar-refractivity contribution in [2.75, 3.05) is 0 Å². The number of hydrogen-bond donors (Lipinski definition) is 0. The van der Waals surface area contributed by atoms with Crippen molar-refractivity contribution in [1.82, 2.24) is 0 Å². The largest absolute Gasteiger partial charge is 0.550 e. The van der Waals surface area contributed by atoms with Crippen LogP contribution in [0.1, 0.15) is 45.4 Å². The summed E-state index contributed by atoms with van der Waals surface area (Å²) < 4.78 is 0. The zero-order chi connectivity index (χ0) is 7.82. The minimum Gasteiger partial charge on any atom is -0.550 e. The SMILES string of the molecule is CCCCCCCC(=O)[O-].[Fe]. The number of unbranched alkanes of at least 4 members (excludes halogenated alkanes) is 4. The smallest absolute Gasteiger partial charge is 0.0414 e. The van der Waals surface area contributed by atoms with Gasteiger partial charge in [-0.3, -0.25) is 0 Å². The zero-order valence-corrected chi connectivity index (χ0v) is 8.02. The average molecular weight is 199 g/mol. The Labute approximate surface area is 78.8 Å². The first-order chi connectivity index (χ1) is 4.77. The number of aliphatic carboxylic acids is 1. The molecule has 3 heteroatoms. The van der Waals surface area contributed by atoms with E-state index in [0.717, 1.165) is 19.3 Å². The third kappa shape index (κ3) is 13.1. The van der Waals surface area contributed by atoms with Gasteiger partial charge < -0.3 is 9.90 Å². The first kappa shape index (κ1) is 13.6. The van der Waals surface area contributed by atoms with Crippen LogP contribution in [0.4, 0.5) is 0 Å². The molecule has 0 rings (SSSR count). The fraction of sp³-hybridized carbons (Fsp3) is 0.875. The Morgan fingerprint density at radius 1 is 1.18 bits per heavy atom. The summed E-state index contributed by atoms with van der Waals surface area (Å²) in [6.07, 6.45) is 5.61. The monoisotopic (exact) mass is 199 g/mol. The summed E-state index contributed by atoms with van der Waals surface area (Å²) in [5.41, 5.74) is 0. The summed E-state index contributed by atoms with van der Waals surface area (Å²) in [5, 5.41) is 9.92. The van der Waals surface area contributed by atoms with E-state index in [1.807, 2.05) is 0 Å². The summed E-state index contributed by atoms with van der Waals surface area (Å²) >= 11 is 0. The molecule has 0 aliphatic heterocycles. The van der Waals surface area contributed by atoms with E-state index in [0.29, 0.717) is 0 Å². The minimum absolute atomic E-state index is 0. The summed E-state index contributed by atoms with van der Waals surface area (Å²) in [4.78, 5) is 9.92. The molecule has 0 fully saturated rings. The average Bonchev–Trinajstić information content (AvgIpc) is 1.87. The van der Waals surface area contributed by atoms with Crippen LogP contribution in [0.25, 0.3) is 0 Å². The van der Waals surface area contributed by atoms with Crippen molar-refractivity contribution in [2.24, 2.45) is 0 Å². The summed E-state index contributed by atoms with van der Waals surface area (Å²) in [6.45, 7) is 2.14. The van der Waals surface area contributed by atoms with Crippen LogP contribution in [0.5, 0.6) is 0 Å². The van der Waals surface area contributed by atoms with E-state index in [1.165, 1.54) is 12.8 Å². The first-order valence-corrected chi connectivity index (χ1v) is 3.97. The van der Waals surface area contributed by atoms with E-state index in [9.17, 15) is 9.90 Å². The van der Waals surface area contributed by atoms with Gasteiger partial charge in [-0.2, -0.15) is 0 Å². The predicted octanol–water partition coefficient (Wildman–Crippen LogP) is 1.09. The summed E-state index contributed by atoms with van der Waals surface area (Å²) in [7, 11) is 0. The first-order valence-electron chi connectivity index (χ1n) is 3.97. The van der Waals surface area contributed by atoms with Crippen LogP contribution in [-0.4, -0.2) is 5.97 Å². The molecular formula is C8H15FeO2-. The quantitative estimate of drug-likeness (QED) is 0.474. The van der Waals surface area contributed by atoms with Gasteiger partial charge in [-0.1, -0.05) is 32.6 Å². The van der Waals surface area contributed by atoms with Crippen LogP contribution in [-0.2, 0) is 21.9 Å². The molecule has 0 bridgehead atoms. The van der Waals surface area contributed by atoms with Crippen molar-refractivity contribution in [1.29, 1.82) is 0 Å². The Morgan fingerprint density at radius 2 is 1.73 bits per heavy atom. The van der Waals surface area contributed by atoms with E-state index in [1.54, 1.807) is 0 Å². The Bertz CT molecular complexity index is 94.1. The molecule has 0 spiro atoms.